The number of aromatic nitrogens is 2. The van der Waals surface area contributed by atoms with E-state index in [2.05, 4.69) is 55.3 Å². The van der Waals surface area contributed by atoms with Gasteiger partial charge in [0.2, 0.25) is 0 Å². The molecule has 0 aliphatic rings. The number of nitrogens with two attached hydrogens (primary N) is 1. The van der Waals surface area contributed by atoms with Crippen molar-refractivity contribution >= 4 is 11.6 Å². The maximum Gasteiger partial charge on any atom is 0.148 e. The number of rotatable bonds is 3. The zero-order valence-electron chi connectivity index (χ0n) is 10.6. The molecule has 0 spiro atoms. The van der Waals surface area contributed by atoms with E-state index in [1.54, 1.807) is 0 Å². The van der Waals surface area contributed by atoms with E-state index in [9.17, 15) is 0 Å². The van der Waals surface area contributed by atoms with Gasteiger partial charge < -0.3 is 10.7 Å². The fraction of sp³-hybridized carbons (Fsp3) is 0.636. The van der Waals surface area contributed by atoms with Crippen molar-refractivity contribution in [3.05, 3.63) is 11.9 Å². The Bertz CT molecular complexity index is 354. The number of hydrogen-bond acceptors (Lipinski definition) is 5. The topological polar surface area (TPSA) is 75.9 Å². The fourth-order valence-corrected chi connectivity index (χ4v) is 1.51. The Morgan fingerprint density at radius 2 is 1.75 bits per heavy atom. The molecule has 0 amide bonds. The molecular formula is C11H21N5. The van der Waals surface area contributed by atoms with Gasteiger partial charge in [-0.1, -0.05) is 13.8 Å². The molecular weight excluding hydrogens is 202 g/mol. The van der Waals surface area contributed by atoms with E-state index in [-0.39, 0.29) is 5.54 Å². The molecule has 16 heavy (non-hydrogen) atoms. The average molecular weight is 223 g/mol. The van der Waals surface area contributed by atoms with Gasteiger partial charge in [0, 0.05) is 11.1 Å². The number of nitrogens with zero attached hydrogens (tertiary/aromatic N) is 2. The molecule has 5 nitrogen and oxygen atoms in total. The van der Waals surface area contributed by atoms with Crippen LogP contribution in [0.5, 0.6) is 0 Å². The van der Waals surface area contributed by atoms with Crippen LogP contribution in [0.15, 0.2) is 6.33 Å². The second-order valence-electron chi connectivity index (χ2n) is 5.16. The highest BCUT2D eigenvalue weighted by Crippen LogP contribution is 2.29. The summed E-state index contributed by atoms with van der Waals surface area (Å²) in [5.74, 6) is 7.27. The molecule has 0 aliphatic carbocycles. The predicted octanol–water partition coefficient (Wildman–Crippen LogP) is 2.10. The Labute approximate surface area is 96.8 Å². The lowest BCUT2D eigenvalue weighted by Gasteiger charge is -2.24. The minimum Gasteiger partial charge on any atom is -0.365 e. The predicted molar refractivity (Wildman–Crippen MR) is 67.3 cm³/mol. The van der Waals surface area contributed by atoms with Crippen molar-refractivity contribution in [2.24, 2.45) is 5.84 Å². The summed E-state index contributed by atoms with van der Waals surface area (Å²) < 4.78 is 0. The first-order valence-electron chi connectivity index (χ1n) is 5.45. The first kappa shape index (κ1) is 12.7. The van der Waals surface area contributed by atoms with E-state index in [0.29, 0.717) is 11.7 Å². The van der Waals surface area contributed by atoms with Crippen molar-refractivity contribution in [1.82, 2.24) is 9.97 Å². The molecule has 1 heterocycles. The lowest BCUT2D eigenvalue weighted by Crippen LogP contribution is -2.28. The number of nitrogen functional groups attached to an aromatic ring is 1. The smallest absolute Gasteiger partial charge is 0.148 e. The molecule has 4 N–H and O–H groups in total. The van der Waals surface area contributed by atoms with Crippen molar-refractivity contribution in [1.29, 1.82) is 0 Å². The van der Waals surface area contributed by atoms with Crippen molar-refractivity contribution in [3.8, 4) is 0 Å². The minimum atomic E-state index is -0.0378. The quantitative estimate of drug-likeness (QED) is 0.540. The van der Waals surface area contributed by atoms with Crippen LogP contribution in [0.3, 0.4) is 0 Å². The van der Waals surface area contributed by atoms with Gasteiger partial charge in [-0.15, -0.1) is 0 Å². The van der Waals surface area contributed by atoms with E-state index >= 15 is 0 Å². The molecule has 90 valence electrons. The van der Waals surface area contributed by atoms with Gasteiger partial charge in [-0.05, 0) is 26.7 Å². The molecule has 0 atom stereocenters. The van der Waals surface area contributed by atoms with Crippen LogP contribution in [0.1, 0.15) is 46.1 Å². The molecule has 0 fully saturated rings. The molecule has 0 saturated carbocycles. The Kier molecular flexibility index (Phi) is 3.70. The van der Waals surface area contributed by atoms with Gasteiger partial charge in [0.1, 0.15) is 18.0 Å². The number of nitrogens with one attached hydrogen (secondary N) is 2. The molecule has 0 aliphatic heterocycles. The Balaban J connectivity index is 3.17. The van der Waals surface area contributed by atoms with E-state index in [1.807, 2.05) is 0 Å². The van der Waals surface area contributed by atoms with Gasteiger partial charge >= 0.3 is 0 Å². The highest BCUT2D eigenvalue weighted by Gasteiger charge is 2.18. The van der Waals surface area contributed by atoms with Gasteiger partial charge in [-0.2, -0.15) is 0 Å². The van der Waals surface area contributed by atoms with Gasteiger partial charge in [0.25, 0.3) is 0 Å². The van der Waals surface area contributed by atoms with E-state index < -0.39 is 0 Å². The van der Waals surface area contributed by atoms with Gasteiger partial charge in [0.05, 0.1) is 0 Å². The minimum absolute atomic E-state index is 0.0378. The highest BCUT2D eigenvalue weighted by atomic mass is 15.3. The molecule has 5 heteroatoms. The maximum absolute atomic E-state index is 5.45. The summed E-state index contributed by atoms with van der Waals surface area (Å²) in [6.07, 6.45) is 1.51. The van der Waals surface area contributed by atoms with Gasteiger partial charge in [0.15, 0.2) is 0 Å². The van der Waals surface area contributed by atoms with Crippen LogP contribution in [-0.4, -0.2) is 15.5 Å². The lowest BCUT2D eigenvalue weighted by atomic mass is 10.0. The normalized spacial score (nSPS) is 11.7. The largest absolute Gasteiger partial charge is 0.365 e. The molecule has 1 aromatic rings. The molecule has 0 saturated heterocycles. The summed E-state index contributed by atoms with van der Waals surface area (Å²) in [6.45, 7) is 10.5. The third-order valence-corrected chi connectivity index (χ3v) is 2.09. The summed E-state index contributed by atoms with van der Waals surface area (Å²) in [6, 6.07) is 0. The Morgan fingerprint density at radius 1 is 1.19 bits per heavy atom. The molecule has 0 bridgehead atoms. The SMILES string of the molecule is CC(C)c1c(NN)ncnc1NC(C)(C)C. The van der Waals surface area contributed by atoms with E-state index in [4.69, 9.17) is 5.84 Å². The Morgan fingerprint density at radius 3 is 2.19 bits per heavy atom. The van der Waals surface area contributed by atoms with Crippen LogP contribution >= 0.6 is 0 Å². The molecule has 1 aromatic heterocycles. The summed E-state index contributed by atoms with van der Waals surface area (Å²) in [4.78, 5) is 8.40. The van der Waals surface area contributed by atoms with Crippen LogP contribution in [0, 0.1) is 0 Å². The van der Waals surface area contributed by atoms with Gasteiger partial charge in [-0.25, -0.2) is 15.8 Å². The standard InChI is InChI=1S/C11H21N5/c1-7(2)8-9(15-11(3,4)5)13-6-14-10(8)16-12/h6-7H,12H2,1-5H3,(H2,13,14,15,16). The summed E-state index contributed by atoms with van der Waals surface area (Å²) in [5.41, 5.74) is 3.59. The van der Waals surface area contributed by atoms with Crippen molar-refractivity contribution < 1.29 is 0 Å². The molecule has 0 aromatic carbocycles. The second-order valence-corrected chi connectivity index (χ2v) is 5.16. The summed E-state index contributed by atoms with van der Waals surface area (Å²) in [7, 11) is 0. The molecule has 0 radical (unpaired) electrons. The third-order valence-electron chi connectivity index (χ3n) is 2.09. The van der Waals surface area contributed by atoms with Crippen LogP contribution in [0.25, 0.3) is 0 Å². The first-order valence-corrected chi connectivity index (χ1v) is 5.45. The monoisotopic (exact) mass is 223 g/mol. The third kappa shape index (κ3) is 3.06. The Hall–Kier alpha value is -1.36. The van der Waals surface area contributed by atoms with Gasteiger partial charge in [-0.3, -0.25) is 0 Å². The van der Waals surface area contributed by atoms with Crippen molar-refractivity contribution in [2.45, 2.75) is 46.1 Å². The second kappa shape index (κ2) is 4.65. The average Bonchev–Trinajstić information content (AvgIpc) is 2.14. The van der Waals surface area contributed by atoms with Crippen molar-refractivity contribution in [3.63, 3.8) is 0 Å². The zero-order chi connectivity index (χ0) is 12.3. The van der Waals surface area contributed by atoms with Crippen LogP contribution < -0.4 is 16.6 Å². The fourth-order valence-electron chi connectivity index (χ4n) is 1.51. The summed E-state index contributed by atoms with van der Waals surface area (Å²) >= 11 is 0. The number of anilines is 2. The van der Waals surface area contributed by atoms with Crippen LogP contribution in [0.4, 0.5) is 11.6 Å². The van der Waals surface area contributed by atoms with E-state index in [0.717, 1.165) is 11.4 Å². The first-order chi connectivity index (χ1) is 7.35. The molecule has 0 unspecified atom stereocenters. The number of hydrogen-bond donors (Lipinski definition) is 3. The van der Waals surface area contributed by atoms with Crippen LogP contribution in [-0.2, 0) is 0 Å². The maximum atomic E-state index is 5.45. The molecule has 1 rings (SSSR count). The number of hydrazine groups is 1. The van der Waals surface area contributed by atoms with E-state index in [1.165, 1.54) is 6.33 Å². The summed E-state index contributed by atoms with van der Waals surface area (Å²) in [5, 5.41) is 3.36. The van der Waals surface area contributed by atoms with Crippen LogP contribution in [0.2, 0.25) is 0 Å². The highest BCUT2D eigenvalue weighted by molar-refractivity contribution is 5.59. The zero-order valence-corrected chi connectivity index (χ0v) is 10.6. The lowest BCUT2D eigenvalue weighted by molar-refractivity contribution is 0.626. The van der Waals surface area contributed by atoms with Crippen molar-refractivity contribution in [2.75, 3.05) is 10.7 Å².